The number of rotatable bonds is 6. The fourth-order valence-corrected chi connectivity index (χ4v) is 7.04. The predicted molar refractivity (Wildman–Crippen MR) is 112 cm³/mol. The van der Waals surface area contributed by atoms with Crippen molar-refractivity contribution in [1.29, 1.82) is 0 Å². The molecule has 0 spiro atoms. The van der Waals surface area contributed by atoms with E-state index in [4.69, 9.17) is 10.3 Å². The number of hydrogen-bond donors (Lipinski definition) is 4. The number of hydrogen-bond acceptors (Lipinski definition) is 10. The third kappa shape index (κ3) is 3.91. The number of tetrazole rings is 1. The zero-order valence-corrected chi connectivity index (χ0v) is 18.6. The van der Waals surface area contributed by atoms with Crippen molar-refractivity contribution < 1.29 is 25.3 Å². The molecule has 2 heterocycles. The number of primary sulfonamides is 2. The van der Waals surface area contributed by atoms with Gasteiger partial charge in [0.15, 0.2) is 9.84 Å². The van der Waals surface area contributed by atoms with Crippen LogP contribution >= 0.6 is 0 Å². The first kappa shape index (κ1) is 22.4. The zero-order chi connectivity index (χ0) is 23.3. The van der Waals surface area contributed by atoms with Crippen LogP contribution in [0.2, 0.25) is 0 Å². The molecule has 2 aromatic carbocycles. The second-order valence-electron chi connectivity index (χ2n) is 6.99. The van der Waals surface area contributed by atoms with Crippen molar-refractivity contribution in [3.8, 4) is 22.5 Å². The van der Waals surface area contributed by atoms with Gasteiger partial charge in [0.05, 0.1) is 20.6 Å². The number of benzene rings is 2. The van der Waals surface area contributed by atoms with Gasteiger partial charge in [-0.05, 0) is 34.5 Å². The molecule has 1 fully saturated rings. The van der Waals surface area contributed by atoms with E-state index in [1.165, 1.54) is 30.3 Å². The first-order valence-electron chi connectivity index (χ1n) is 8.92. The molecule has 3 aromatic rings. The number of nitrogens with zero attached hydrogens (tertiary/aromatic N) is 3. The Hall–Kier alpha value is -2.76. The normalized spacial score (nSPS) is 15.4. The van der Waals surface area contributed by atoms with Crippen LogP contribution in [0.15, 0.2) is 51.1 Å². The topological polar surface area (TPSA) is 221 Å². The molecule has 16 heteroatoms. The lowest BCUT2D eigenvalue weighted by molar-refractivity contribution is 0.493. The Morgan fingerprint density at radius 2 is 1.66 bits per heavy atom. The third-order valence-corrected chi connectivity index (χ3v) is 9.14. The molecule has 0 radical (unpaired) electrons. The average molecular weight is 500 g/mol. The van der Waals surface area contributed by atoms with Gasteiger partial charge in [-0.15, -0.1) is 10.2 Å². The van der Waals surface area contributed by atoms with Crippen molar-refractivity contribution in [2.45, 2.75) is 19.9 Å². The molecule has 6 N–H and O–H groups in total. The number of sulfonamides is 2. The highest BCUT2D eigenvalue weighted by Gasteiger charge is 2.38. The van der Waals surface area contributed by atoms with Gasteiger partial charge in [0, 0.05) is 13.1 Å². The lowest BCUT2D eigenvalue weighted by Crippen LogP contribution is -2.51. The largest absolute Gasteiger partial charge is 0.314 e. The molecule has 0 amide bonds. The van der Waals surface area contributed by atoms with E-state index < -0.39 is 44.9 Å². The van der Waals surface area contributed by atoms with E-state index in [-0.39, 0.29) is 40.5 Å². The van der Waals surface area contributed by atoms with Crippen LogP contribution in [-0.2, 0) is 29.9 Å². The Morgan fingerprint density at radius 1 is 0.938 bits per heavy atom. The van der Waals surface area contributed by atoms with Crippen molar-refractivity contribution in [3.63, 3.8) is 0 Å². The lowest BCUT2D eigenvalue weighted by atomic mass is 9.99. The van der Waals surface area contributed by atoms with Gasteiger partial charge >= 0.3 is 0 Å². The molecule has 13 nitrogen and oxygen atoms in total. The maximum absolute atomic E-state index is 13.1. The van der Waals surface area contributed by atoms with Crippen molar-refractivity contribution in [2.75, 3.05) is 13.1 Å². The SMILES string of the molecule is NS(=O)(=O)c1cccc(-c2ccc(S(=O)(=O)C3CNC3)c(S(N)(=O)=O)c2-c2nn[nH]n2)c1. The summed E-state index contributed by atoms with van der Waals surface area (Å²) < 4.78 is 75.1. The smallest absolute Gasteiger partial charge is 0.240 e. The van der Waals surface area contributed by atoms with Crippen LogP contribution in [-0.4, -0.2) is 64.2 Å². The molecule has 0 aliphatic carbocycles. The number of H-pyrrole nitrogens is 1. The van der Waals surface area contributed by atoms with Crippen LogP contribution in [0.5, 0.6) is 0 Å². The minimum Gasteiger partial charge on any atom is -0.314 e. The number of nitrogens with two attached hydrogens (primary N) is 2. The van der Waals surface area contributed by atoms with Gasteiger partial charge < -0.3 is 5.32 Å². The fraction of sp³-hybridized carbons (Fsp3) is 0.188. The van der Waals surface area contributed by atoms with E-state index >= 15 is 0 Å². The number of sulfone groups is 1. The van der Waals surface area contributed by atoms with Gasteiger partial charge in [-0.1, -0.05) is 18.2 Å². The molecular weight excluding hydrogens is 482 g/mol. The highest BCUT2D eigenvalue weighted by atomic mass is 32.2. The van der Waals surface area contributed by atoms with E-state index in [1.807, 2.05) is 0 Å². The molecule has 0 bridgehead atoms. The molecule has 0 atom stereocenters. The first-order valence-corrected chi connectivity index (χ1v) is 13.6. The van der Waals surface area contributed by atoms with Crippen LogP contribution in [0, 0.1) is 0 Å². The summed E-state index contributed by atoms with van der Waals surface area (Å²) in [6, 6.07) is 7.82. The Labute approximate surface area is 183 Å². The van der Waals surface area contributed by atoms with Gasteiger partial charge in [-0.25, -0.2) is 35.5 Å². The number of aromatic amines is 1. The molecular formula is C16H17N7O6S3. The summed E-state index contributed by atoms with van der Waals surface area (Å²) in [6.45, 7) is 0.310. The quantitative estimate of drug-likeness (QED) is 0.309. The summed E-state index contributed by atoms with van der Waals surface area (Å²) in [7, 11) is -12.8. The Balaban J connectivity index is 2.10. The van der Waals surface area contributed by atoms with Crippen molar-refractivity contribution in [2.24, 2.45) is 10.3 Å². The molecule has 170 valence electrons. The molecule has 1 aromatic heterocycles. The predicted octanol–water partition coefficient (Wildman–Crippen LogP) is -1.43. The highest BCUT2D eigenvalue weighted by Crippen LogP contribution is 2.40. The monoisotopic (exact) mass is 499 g/mol. The summed E-state index contributed by atoms with van der Waals surface area (Å²) in [5.74, 6) is -0.242. The second kappa shape index (κ2) is 7.68. The zero-order valence-electron chi connectivity index (χ0n) is 16.1. The van der Waals surface area contributed by atoms with Gasteiger partial charge in [0.2, 0.25) is 25.9 Å². The second-order valence-corrected chi connectivity index (χ2v) is 12.3. The molecule has 0 unspecified atom stereocenters. The minimum atomic E-state index is -4.62. The third-order valence-electron chi connectivity index (χ3n) is 4.94. The van der Waals surface area contributed by atoms with E-state index in [2.05, 4.69) is 25.9 Å². The van der Waals surface area contributed by atoms with Crippen molar-refractivity contribution in [3.05, 3.63) is 36.4 Å². The maximum atomic E-state index is 13.1. The average Bonchev–Trinajstić information content (AvgIpc) is 3.18. The molecule has 1 aliphatic rings. The summed E-state index contributed by atoms with van der Waals surface area (Å²) in [6.07, 6.45) is 0. The van der Waals surface area contributed by atoms with E-state index in [1.54, 1.807) is 0 Å². The van der Waals surface area contributed by atoms with Crippen LogP contribution in [0.4, 0.5) is 0 Å². The Kier molecular flexibility index (Phi) is 5.38. The van der Waals surface area contributed by atoms with Crippen LogP contribution in [0.3, 0.4) is 0 Å². The first-order chi connectivity index (χ1) is 14.9. The number of nitrogens with one attached hydrogen (secondary N) is 2. The summed E-state index contributed by atoms with van der Waals surface area (Å²) in [5, 5.41) is 25.9. The molecule has 32 heavy (non-hydrogen) atoms. The molecule has 1 aliphatic heterocycles. The number of aromatic nitrogens is 4. The molecule has 0 saturated carbocycles. The summed E-state index contributed by atoms with van der Waals surface area (Å²) in [5.41, 5.74) is 0.100. The summed E-state index contributed by atoms with van der Waals surface area (Å²) in [4.78, 5) is -1.44. The van der Waals surface area contributed by atoms with Gasteiger partial charge in [-0.2, -0.15) is 5.21 Å². The van der Waals surface area contributed by atoms with E-state index in [9.17, 15) is 25.3 Å². The van der Waals surface area contributed by atoms with E-state index in [0.29, 0.717) is 0 Å². The van der Waals surface area contributed by atoms with Crippen LogP contribution < -0.4 is 15.6 Å². The van der Waals surface area contributed by atoms with Gasteiger partial charge in [0.1, 0.15) is 4.90 Å². The van der Waals surface area contributed by atoms with Crippen LogP contribution in [0.1, 0.15) is 0 Å². The Bertz CT molecular complexity index is 1510. The van der Waals surface area contributed by atoms with Crippen molar-refractivity contribution >= 4 is 29.9 Å². The summed E-state index contributed by atoms with van der Waals surface area (Å²) >= 11 is 0. The molecule has 4 rings (SSSR count). The van der Waals surface area contributed by atoms with Gasteiger partial charge in [0.25, 0.3) is 0 Å². The lowest BCUT2D eigenvalue weighted by Gasteiger charge is -2.28. The van der Waals surface area contributed by atoms with Crippen molar-refractivity contribution in [1.82, 2.24) is 25.9 Å². The standard InChI is InChI=1S/C16H17N7O6S3/c17-31(26,27)10-3-1-2-9(6-10)12-4-5-13(30(24,25)11-7-19-8-11)15(32(18,28)29)14(12)16-20-22-23-21-16/h1-6,11,19H,7-8H2,(H2,17,26,27)(H2,18,28,29)(H,20,21,22,23). The maximum Gasteiger partial charge on any atom is 0.240 e. The Morgan fingerprint density at radius 3 is 2.19 bits per heavy atom. The minimum absolute atomic E-state index is 0.117. The molecule has 1 saturated heterocycles. The van der Waals surface area contributed by atoms with Gasteiger partial charge in [-0.3, -0.25) is 0 Å². The van der Waals surface area contributed by atoms with E-state index in [0.717, 1.165) is 6.07 Å². The highest BCUT2D eigenvalue weighted by molar-refractivity contribution is 7.94. The fourth-order valence-electron chi connectivity index (χ4n) is 3.30. The van der Waals surface area contributed by atoms with Crippen LogP contribution in [0.25, 0.3) is 22.5 Å².